The van der Waals surface area contributed by atoms with Crippen LogP contribution in [0.25, 0.3) is 22.0 Å². The van der Waals surface area contributed by atoms with Crippen LogP contribution in [0.15, 0.2) is 30.6 Å². The van der Waals surface area contributed by atoms with Crippen LogP contribution < -0.4 is 0 Å². The van der Waals surface area contributed by atoms with E-state index in [0.717, 1.165) is 46.5 Å². The van der Waals surface area contributed by atoms with E-state index in [2.05, 4.69) is 23.8 Å². The molecule has 1 fully saturated rings. The number of benzene rings is 1. The van der Waals surface area contributed by atoms with E-state index in [9.17, 15) is 9.59 Å². The van der Waals surface area contributed by atoms with Crippen LogP contribution in [0.1, 0.15) is 49.1 Å². The first-order chi connectivity index (χ1) is 14.3. The summed E-state index contributed by atoms with van der Waals surface area (Å²) in [5.74, 6) is 1.36. The van der Waals surface area contributed by atoms with Crippen LogP contribution in [0.5, 0.6) is 0 Å². The number of nitrogens with zero attached hydrogens (tertiary/aromatic N) is 4. The van der Waals surface area contributed by atoms with Gasteiger partial charge in [0.25, 0.3) is 0 Å². The summed E-state index contributed by atoms with van der Waals surface area (Å²) in [7, 11) is 0. The number of amides is 1. The highest BCUT2D eigenvalue weighted by molar-refractivity contribution is 6.09. The van der Waals surface area contributed by atoms with Crippen molar-refractivity contribution in [2.24, 2.45) is 5.92 Å². The number of aryl methyl sites for hydroxylation is 1. The third-order valence-corrected chi connectivity index (χ3v) is 6.19. The minimum absolute atomic E-state index is 0.00386. The lowest BCUT2D eigenvalue weighted by Crippen LogP contribution is -2.36. The van der Waals surface area contributed by atoms with Crippen LogP contribution in [-0.2, 0) is 11.3 Å². The molecule has 3 aromatic rings. The van der Waals surface area contributed by atoms with Gasteiger partial charge in [0.05, 0.1) is 0 Å². The van der Waals surface area contributed by atoms with Crippen molar-refractivity contribution in [1.29, 1.82) is 0 Å². The molecule has 0 aliphatic carbocycles. The van der Waals surface area contributed by atoms with Gasteiger partial charge < -0.3 is 9.47 Å². The van der Waals surface area contributed by atoms with Crippen LogP contribution in [0.4, 0.5) is 0 Å². The first-order valence-electron chi connectivity index (χ1n) is 10.5. The molecular weight excluding hydrogens is 376 g/mol. The number of ketones is 1. The predicted octanol–water partition coefficient (Wildman–Crippen LogP) is 4.17. The molecule has 0 N–H and O–H groups in total. The number of aromatic nitrogens is 3. The Hall–Kier alpha value is -3.02. The first kappa shape index (κ1) is 20.3. The van der Waals surface area contributed by atoms with Gasteiger partial charge in [0, 0.05) is 52.7 Å². The highest BCUT2D eigenvalue weighted by Gasteiger charge is 2.30. The maximum atomic E-state index is 13.1. The lowest BCUT2D eigenvalue weighted by molar-refractivity contribution is -0.132. The zero-order valence-electron chi connectivity index (χ0n) is 18.3. The number of likely N-dealkylation sites (tertiary alicyclic amines) is 1. The molecule has 1 amide bonds. The molecule has 6 nitrogen and oxygen atoms in total. The third kappa shape index (κ3) is 3.51. The fraction of sp³-hybridized carbons (Fsp3) is 0.417. The van der Waals surface area contributed by atoms with Gasteiger partial charge in [-0.2, -0.15) is 0 Å². The van der Waals surface area contributed by atoms with E-state index in [0.29, 0.717) is 11.5 Å². The van der Waals surface area contributed by atoms with Gasteiger partial charge in [-0.15, -0.1) is 0 Å². The zero-order valence-corrected chi connectivity index (χ0v) is 18.3. The SMILES string of the molecule is CC(=O)c1c(C)n(CC(=O)N2CC(C)CC2C)c2ccc(-c3cnc(C)nc3)cc12. The maximum Gasteiger partial charge on any atom is 0.242 e. The Labute approximate surface area is 176 Å². The van der Waals surface area contributed by atoms with Gasteiger partial charge in [-0.3, -0.25) is 9.59 Å². The van der Waals surface area contributed by atoms with Crippen molar-refractivity contribution >= 4 is 22.6 Å². The van der Waals surface area contributed by atoms with Crippen LogP contribution in [0.2, 0.25) is 0 Å². The van der Waals surface area contributed by atoms with E-state index in [4.69, 9.17) is 0 Å². The molecule has 1 aliphatic rings. The summed E-state index contributed by atoms with van der Waals surface area (Å²) in [5.41, 5.74) is 4.27. The van der Waals surface area contributed by atoms with Crippen molar-refractivity contribution in [3.05, 3.63) is 47.7 Å². The topological polar surface area (TPSA) is 68.1 Å². The summed E-state index contributed by atoms with van der Waals surface area (Å²) in [6.07, 6.45) is 4.62. The van der Waals surface area contributed by atoms with Gasteiger partial charge in [-0.1, -0.05) is 13.0 Å². The van der Waals surface area contributed by atoms with Crippen molar-refractivity contribution in [3.63, 3.8) is 0 Å². The molecule has 6 heteroatoms. The van der Waals surface area contributed by atoms with Crippen LogP contribution in [0.3, 0.4) is 0 Å². The fourth-order valence-corrected chi connectivity index (χ4v) is 4.73. The molecule has 1 aliphatic heterocycles. The Morgan fingerprint density at radius 1 is 1.10 bits per heavy atom. The summed E-state index contributed by atoms with van der Waals surface area (Å²) in [6, 6.07) is 6.26. The number of fused-ring (bicyclic) bond motifs is 1. The highest BCUT2D eigenvalue weighted by atomic mass is 16.2. The Morgan fingerprint density at radius 3 is 2.40 bits per heavy atom. The highest BCUT2D eigenvalue weighted by Crippen LogP contribution is 2.31. The van der Waals surface area contributed by atoms with Crippen molar-refractivity contribution < 1.29 is 9.59 Å². The van der Waals surface area contributed by atoms with Crippen molar-refractivity contribution in [1.82, 2.24) is 19.4 Å². The molecule has 156 valence electrons. The number of rotatable bonds is 4. The molecule has 1 aromatic carbocycles. The number of carbonyl (C=O) groups excluding carboxylic acids is 2. The van der Waals surface area contributed by atoms with Crippen LogP contribution in [0, 0.1) is 19.8 Å². The Morgan fingerprint density at radius 2 is 1.80 bits per heavy atom. The molecule has 3 heterocycles. The fourth-order valence-electron chi connectivity index (χ4n) is 4.73. The molecule has 0 bridgehead atoms. The summed E-state index contributed by atoms with van der Waals surface area (Å²) in [5, 5.41) is 0.869. The van der Waals surface area contributed by atoms with Gasteiger partial charge in [0.2, 0.25) is 5.91 Å². The van der Waals surface area contributed by atoms with Crippen molar-refractivity contribution in [2.45, 2.75) is 53.6 Å². The smallest absolute Gasteiger partial charge is 0.242 e. The zero-order chi connectivity index (χ0) is 21.6. The summed E-state index contributed by atoms with van der Waals surface area (Å²) in [6.45, 7) is 10.7. The lowest BCUT2D eigenvalue weighted by Gasteiger charge is -2.22. The van der Waals surface area contributed by atoms with Gasteiger partial charge in [-0.25, -0.2) is 9.97 Å². The average Bonchev–Trinajstić information content (AvgIpc) is 3.17. The molecule has 0 radical (unpaired) electrons. The van der Waals surface area contributed by atoms with Crippen molar-refractivity contribution in [2.75, 3.05) is 6.54 Å². The predicted molar refractivity (Wildman–Crippen MR) is 117 cm³/mol. The van der Waals surface area contributed by atoms with E-state index in [1.54, 1.807) is 19.3 Å². The Bertz CT molecular complexity index is 1130. The van der Waals surface area contributed by atoms with E-state index in [-0.39, 0.29) is 24.3 Å². The van der Waals surface area contributed by atoms with E-state index < -0.39 is 0 Å². The number of hydrogen-bond acceptors (Lipinski definition) is 4. The number of hydrogen-bond donors (Lipinski definition) is 0. The minimum Gasteiger partial charge on any atom is -0.338 e. The van der Waals surface area contributed by atoms with E-state index in [1.807, 2.05) is 41.5 Å². The number of Topliss-reactive ketones (excluding diaryl/α,β-unsaturated/α-hetero) is 1. The molecule has 0 saturated carbocycles. The molecule has 2 aromatic heterocycles. The second kappa shape index (κ2) is 7.67. The summed E-state index contributed by atoms with van der Waals surface area (Å²) < 4.78 is 1.99. The average molecular weight is 405 g/mol. The standard InChI is InChI=1S/C24H28N4O2/c1-14-8-15(2)27(12-14)23(30)13-28-16(3)24(17(4)29)21-9-19(6-7-22(21)28)20-10-25-18(5)26-11-20/h6-7,9-11,14-15H,8,12-13H2,1-5H3. The van der Waals surface area contributed by atoms with Crippen LogP contribution >= 0.6 is 0 Å². The molecule has 0 spiro atoms. The first-order valence-corrected chi connectivity index (χ1v) is 10.5. The quantitative estimate of drug-likeness (QED) is 0.612. The summed E-state index contributed by atoms with van der Waals surface area (Å²) in [4.78, 5) is 36.1. The molecule has 1 saturated heterocycles. The Kier molecular flexibility index (Phi) is 5.18. The molecule has 2 unspecified atom stereocenters. The molecule has 2 atom stereocenters. The molecular formula is C24H28N4O2. The monoisotopic (exact) mass is 404 g/mol. The third-order valence-electron chi connectivity index (χ3n) is 6.19. The summed E-state index contributed by atoms with van der Waals surface area (Å²) >= 11 is 0. The minimum atomic E-state index is 0.00386. The largest absolute Gasteiger partial charge is 0.338 e. The second-order valence-electron chi connectivity index (χ2n) is 8.59. The second-order valence-corrected chi connectivity index (χ2v) is 8.59. The maximum absolute atomic E-state index is 13.1. The lowest BCUT2D eigenvalue weighted by atomic mass is 10.0. The normalized spacial score (nSPS) is 18.9. The van der Waals surface area contributed by atoms with Gasteiger partial charge in [0.1, 0.15) is 12.4 Å². The molecule has 4 rings (SSSR count). The molecule has 30 heavy (non-hydrogen) atoms. The van der Waals surface area contributed by atoms with Gasteiger partial charge in [-0.05, 0) is 57.7 Å². The van der Waals surface area contributed by atoms with E-state index >= 15 is 0 Å². The Balaban J connectivity index is 1.77. The van der Waals surface area contributed by atoms with Gasteiger partial charge in [0.15, 0.2) is 5.78 Å². The number of carbonyl (C=O) groups is 2. The van der Waals surface area contributed by atoms with Gasteiger partial charge >= 0.3 is 0 Å². The van der Waals surface area contributed by atoms with Crippen molar-refractivity contribution in [3.8, 4) is 11.1 Å². The van der Waals surface area contributed by atoms with E-state index in [1.165, 1.54) is 0 Å². The van der Waals surface area contributed by atoms with Crippen LogP contribution in [-0.4, -0.2) is 43.7 Å².